The van der Waals surface area contributed by atoms with Gasteiger partial charge in [-0.2, -0.15) is 5.10 Å². The van der Waals surface area contributed by atoms with E-state index in [1.165, 1.54) is 0 Å². The van der Waals surface area contributed by atoms with E-state index in [0.717, 1.165) is 6.42 Å². The van der Waals surface area contributed by atoms with Crippen molar-refractivity contribution >= 4 is 17.9 Å². The maximum atomic E-state index is 11.7. The summed E-state index contributed by atoms with van der Waals surface area (Å²) < 4.78 is 0. The lowest BCUT2D eigenvalue weighted by Crippen LogP contribution is -2.48. The molecule has 1 aliphatic rings. The van der Waals surface area contributed by atoms with Crippen LogP contribution >= 0.6 is 0 Å². The highest BCUT2D eigenvalue weighted by Gasteiger charge is 2.44. The Kier molecular flexibility index (Phi) is 3.82. The lowest BCUT2D eigenvalue weighted by Gasteiger charge is -2.37. The van der Waals surface area contributed by atoms with Crippen molar-refractivity contribution in [3.05, 3.63) is 11.4 Å². The van der Waals surface area contributed by atoms with Gasteiger partial charge in [0.05, 0.1) is 16.8 Å². The number of hydrogen-bond donors (Lipinski definition) is 3. The summed E-state index contributed by atoms with van der Waals surface area (Å²) in [4.78, 5) is 26.9. The van der Waals surface area contributed by atoms with E-state index in [4.69, 9.17) is 5.11 Å². The molecule has 0 saturated heterocycles. The molecule has 8 heteroatoms. The van der Waals surface area contributed by atoms with E-state index < -0.39 is 17.4 Å². The molecule has 8 nitrogen and oxygen atoms in total. The predicted octanol–water partition coefficient (Wildman–Crippen LogP) is 0.865. The lowest BCUT2D eigenvalue weighted by atomic mass is 9.69. The molecule has 1 aliphatic carbocycles. The van der Waals surface area contributed by atoms with Gasteiger partial charge < -0.3 is 10.4 Å². The number of anilines is 1. The zero-order valence-electron chi connectivity index (χ0n) is 11.4. The highest BCUT2D eigenvalue weighted by atomic mass is 16.4. The van der Waals surface area contributed by atoms with Crippen LogP contribution in [0, 0.1) is 19.3 Å². The molecule has 2 amide bonds. The number of rotatable bonds is 4. The quantitative estimate of drug-likeness (QED) is 0.752. The summed E-state index contributed by atoms with van der Waals surface area (Å²) in [5, 5.41) is 21.7. The summed E-state index contributed by atoms with van der Waals surface area (Å²) >= 11 is 0. The summed E-state index contributed by atoms with van der Waals surface area (Å²) in [6.45, 7) is 3.64. The third-order valence-corrected chi connectivity index (χ3v) is 3.67. The second-order valence-electron chi connectivity index (χ2n) is 5.05. The minimum atomic E-state index is -0.867. The average molecular weight is 279 g/mol. The fraction of sp³-hybridized carbons (Fsp3) is 0.583. The van der Waals surface area contributed by atoms with Crippen molar-refractivity contribution in [1.29, 1.82) is 0 Å². The summed E-state index contributed by atoms with van der Waals surface area (Å²) in [7, 11) is 0. The average Bonchev–Trinajstić information content (AvgIpc) is 2.32. The monoisotopic (exact) mass is 279 g/mol. The van der Waals surface area contributed by atoms with Gasteiger partial charge in [0.15, 0.2) is 0 Å². The number of hydrogen-bond acceptors (Lipinski definition) is 5. The van der Waals surface area contributed by atoms with Crippen molar-refractivity contribution in [2.24, 2.45) is 5.41 Å². The molecule has 1 fully saturated rings. The number of nitrogens with one attached hydrogen (secondary N) is 2. The van der Waals surface area contributed by atoms with Crippen molar-refractivity contribution < 1.29 is 14.7 Å². The Morgan fingerprint density at radius 3 is 2.45 bits per heavy atom. The van der Waals surface area contributed by atoms with Crippen LogP contribution in [0.1, 0.15) is 30.7 Å². The number of urea groups is 1. The molecular formula is C12H17N5O3. The van der Waals surface area contributed by atoms with Gasteiger partial charge in [0.1, 0.15) is 0 Å². The number of carboxylic acids is 1. The first kappa shape index (κ1) is 14.2. The van der Waals surface area contributed by atoms with Gasteiger partial charge in [-0.05, 0) is 26.7 Å². The minimum absolute atomic E-state index is 0.101. The zero-order valence-corrected chi connectivity index (χ0v) is 11.4. The fourth-order valence-corrected chi connectivity index (χ4v) is 1.97. The second-order valence-corrected chi connectivity index (χ2v) is 5.05. The highest BCUT2D eigenvalue weighted by molar-refractivity contribution is 5.88. The molecule has 0 bridgehead atoms. The maximum Gasteiger partial charge on any atom is 0.321 e. The molecule has 0 radical (unpaired) electrons. The molecule has 0 spiro atoms. The van der Waals surface area contributed by atoms with Gasteiger partial charge in [0.25, 0.3) is 5.95 Å². The van der Waals surface area contributed by atoms with Crippen LogP contribution in [0.15, 0.2) is 0 Å². The Morgan fingerprint density at radius 2 is 1.95 bits per heavy atom. The molecule has 3 N–H and O–H groups in total. The van der Waals surface area contributed by atoms with E-state index in [0.29, 0.717) is 24.2 Å². The highest BCUT2D eigenvalue weighted by Crippen LogP contribution is 2.40. The first-order chi connectivity index (χ1) is 9.43. The molecule has 1 saturated carbocycles. The maximum absolute atomic E-state index is 11.7. The predicted molar refractivity (Wildman–Crippen MR) is 70.2 cm³/mol. The molecule has 0 aliphatic heterocycles. The number of aromatic nitrogens is 3. The largest absolute Gasteiger partial charge is 0.481 e. The standard InChI is InChI=1S/C12H17N5O3/c1-7-8(2)16-17-10(14-7)15-11(20)13-6-12(9(18)19)4-3-5-12/h3-6H2,1-2H3,(H,18,19)(H2,13,14,15,17,20). The van der Waals surface area contributed by atoms with Crippen molar-refractivity contribution in [3.8, 4) is 0 Å². The summed E-state index contributed by atoms with van der Waals surface area (Å²) in [6, 6.07) is -0.525. The fourth-order valence-electron chi connectivity index (χ4n) is 1.97. The van der Waals surface area contributed by atoms with Crippen molar-refractivity contribution in [1.82, 2.24) is 20.5 Å². The number of nitrogens with zero attached hydrogens (tertiary/aromatic N) is 3. The van der Waals surface area contributed by atoms with Crippen molar-refractivity contribution in [2.45, 2.75) is 33.1 Å². The number of amides is 2. The van der Waals surface area contributed by atoms with Gasteiger partial charge in [-0.15, -0.1) is 5.10 Å². The van der Waals surface area contributed by atoms with Gasteiger partial charge in [-0.25, -0.2) is 9.78 Å². The van der Waals surface area contributed by atoms with Crippen LogP contribution in [-0.2, 0) is 4.79 Å². The zero-order chi connectivity index (χ0) is 14.8. The van der Waals surface area contributed by atoms with E-state index >= 15 is 0 Å². The second kappa shape index (κ2) is 5.40. The number of aliphatic carboxylic acids is 1. The molecule has 0 aromatic carbocycles. The van der Waals surface area contributed by atoms with Crippen LogP contribution in [0.25, 0.3) is 0 Å². The van der Waals surface area contributed by atoms with Crippen molar-refractivity contribution in [2.75, 3.05) is 11.9 Å². The summed E-state index contributed by atoms with van der Waals surface area (Å²) in [5.41, 5.74) is 0.547. The van der Waals surface area contributed by atoms with Crippen LogP contribution in [0.2, 0.25) is 0 Å². The van der Waals surface area contributed by atoms with Crippen LogP contribution < -0.4 is 10.6 Å². The Labute approximate surface area is 116 Å². The van der Waals surface area contributed by atoms with Gasteiger partial charge in [-0.3, -0.25) is 10.1 Å². The molecule has 0 atom stereocenters. The number of carbonyl (C=O) groups excluding carboxylic acids is 1. The number of carboxylic acid groups (broad SMARTS) is 1. The van der Waals surface area contributed by atoms with E-state index in [1.54, 1.807) is 13.8 Å². The van der Waals surface area contributed by atoms with Gasteiger partial charge in [0.2, 0.25) is 0 Å². The Hall–Kier alpha value is -2.25. The van der Waals surface area contributed by atoms with E-state index in [9.17, 15) is 9.59 Å². The van der Waals surface area contributed by atoms with E-state index in [2.05, 4.69) is 25.8 Å². The van der Waals surface area contributed by atoms with Gasteiger partial charge in [-0.1, -0.05) is 6.42 Å². The first-order valence-corrected chi connectivity index (χ1v) is 6.39. The van der Waals surface area contributed by atoms with E-state index in [-0.39, 0.29) is 12.5 Å². The molecule has 1 aromatic heterocycles. The van der Waals surface area contributed by atoms with Crippen LogP contribution in [-0.4, -0.2) is 38.8 Å². The third-order valence-electron chi connectivity index (χ3n) is 3.67. The molecule has 108 valence electrons. The summed E-state index contributed by atoms with van der Waals surface area (Å²) in [6.07, 6.45) is 2.05. The molecular weight excluding hydrogens is 262 g/mol. The number of aryl methyl sites for hydroxylation is 2. The SMILES string of the molecule is Cc1nnc(NC(=O)NCC2(C(=O)O)CCC2)nc1C. The number of carbonyl (C=O) groups is 2. The molecule has 20 heavy (non-hydrogen) atoms. The molecule has 1 heterocycles. The normalized spacial score (nSPS) is 16.1. The molecule has 1 aromatic rings. The van der Waals surface area contributed by atoms with Crippen LogP contribution in [0.4, 0.5) is 10.7 Å². The molecule has 2 rings (SSSR count). The van der Waals surface area contributed by atoms with E-state index in [1.807, 2.05) is 0 Å². The van der Waals surface area contributed by atoms with Gasteiger partial charge in [0, 0.05) is 6.54 Å². The van der Waals surface area contributed by atoms with Crippen LogP contribution in [0.5, 0.6) is 0 Å². The van der Waals surface area contributed by atoms with Crippen molar-refractivity contribution in [3.63, 3.8) is 0 Å². The summed E-state index contributed by atoms with van der Waals surface area (Å²) in [5.74, 6) is -0.767. The lowest BCUT2D eigenvalue weighted by molar-refractivity contribution is -0.153. The topological polar surface area (TPSA) is 117 Å². The Bertz CT molecular complexity index is 542. The smallest absolute Gasteiger partial charge is 0.321 e. The van der Waals surface area contributed by atoms with Gasteiger partial charge >= 0.3 is 12.0 Å². The van der Waals surface area contributed by atoms with Crippen LogP contribution in [0.3, 0.4) is 0 Å². The first-order valence-electron chi connectivity index (χ1n) is 6.39. The third kappa shape index (κ3) is 2.84. The minimum Gasteiger partial charge on any atom is -0.481 e. The Morgan fingerprint density at radius 1 is 1.25 bits per heavy atom. The molecule has 0 unspecified atom stereocenters. The Balaban J connectivity index is 1.89.